The number of anilines is 1. The number of ketones is 1. The van der Waals surface area contributed by atoms with Crippen molar-refractivity contribution in [2.45, 2.75) is 19.8 Å². The standard InChI is InChI=1S/C21H18F2N4OS/c1-13-4-6-27(21-24-5-7-29-21)12-17(13)19-11-25-15(10-26-19)9-20(28)16-3-2-14(22)8-18(16)23/h2-3,5,7-8,10-11H,4,6,9,12H2,1H3. The van der Waals surface area contributed by atoms with E-state index in [9.17, 15) is 13.6 Å². The second kappa shape index (κ2) is 8.16. The first-order valence-corrected chi connectivity index (χ1v) is 10.0. The van der Waals surface area contributed by atoms with Crippen molar-refractivity contribution >= 4 is 27.8 Å². The maximum Gasteiger partial charge on any atom is 0.185 e. The molecule has 0 bridgehead atoms. The van der Waals surface area contributed by atoms with E-state index in [1.165, 1.54) is 11.8 Å². The molecule has 2 aromatic heterocycles. The van der Waals surface area contributed by atoms with E-state index in [4.69, 9.17) is 0 Å². The van der Waals surface area contributed by atoms with Crippen LogP contribution in [0.15, 0.2) is 47.7 Å². The summed E-state index contributed by atoms with van der Waals surface area (Å²) in [6, 6.07) is 2.92. The van der Waals surface area contributed by atoms with E-state index in [2.05, 4.69) is 26.8 Å². The molecule has 148 valence electrons. The zero-order valence-corrected chi connectivity index (χ0v) is 16.5. The van der Waals surface area contributed by atoms with Crippen molar-refractivity contribution in [3.05, 3.63) is 76.3 Å². The van der Waals surface area contributed by atoms with Crippen molar-refractivity contribution < 1.29 is 13.6 Å². The predicted molar refractivity (Wildman–Crippen MR) is 108 cm³/mol. The Balaban J connectivity index is 1.49. The second-order valence-electron chi connectivity index (χ2n) is 6.86. The third kappa shape index (κ3) is 4.22. The number of aromatic nitrogens is 3. The van der Waals surface area contributed by atoms with Gasteiger partial charge >= 0.3 is 0 Å². The molecule has 0 radical (unpaired) electrons. The lowest BCUT2D eigenvalue weighted by atomic mass is 9.99. The summed E-state index contributed by atoms with van der Waals surface area (Å²) in [6.45, 7) is 3.70. The highest BCUT2D eigenvalue weighted by Crippen LogP contribution is 2.29. The Labute approximate surface area is 170 Å². The molecule has 0 saturated carbocycles. The first-order valence-electron chi connectivity index (χ1n) is 9.14. The normalized spacial score (nSPS) is 14.4. The highest BCUT2D eigenvalue weighted by atomic mass is 32.1. The van der Waals surface area contributed by atoms with E-state index in [-0.39, 0.29) is 12.0 Å². The number of benzene rings is 1. The number of halogens is 2. The van der Waals surface area contributed by atoms with Crippen molar-refractivity contribution in [2.75, 3.05) is 18.0 Å². The molecule has 0 unspecified atom stereocenters. The molecule has 0 fully saturated rings. The van der Waals surface area contributed by atoms with E-state index in [0.717, 1.165) is 41.5 Å². The summed E-state index contributed by atoms with van der Waals surface area (Å²) >= 11 is 1.60. The number of nitrogens with zero attached hydrogens (tertiary/aromatic N) is 4. The molecule has 3 aromatic rings. The van der Waals surface area contributed by atoms with Crippen LogP contribution in [0.1, 0.15) is 35.1 Å². The Hall–Kier alpha value is -3.00. The molecule has 3 heterocycles. The summed E-state index contributed by atoms with van der Waals surface area (Å²) in [6.07, 6.45) is 5.80. The van der Waals surface area contributed by atoms with Gasteiger partial charge in [-0.2, -0.15) is 0 Å². The van der Waals surface area contributed by atoms with E-state index < -0.39 is 17.4 Å². The molecule has 5 nitrogen and oxygen atoms in total. The molecule has 8 heteroatoms. The lowest BCUT2D eigenvalue weighted by molar-refractivity contribution is 0.0988. The molecule has 0 saturated heterocycles. The summed E-state index contributed by atoms with van der Waals surface area (Å²) in [5.74, 6) is -2.05. The molecule has 0 amide bonds. The minimum absolute atomic E-state index is 0.0981. The summed E-state index contributed by atoms with van der Waals surface area (Å²) in [4.78, 5) is 27.7. The molecule has 0 atom stereocenters. The van der Waals surface area contributed by atoms with Gasteiger partial charge in [-0.3, -0.25) is 14.8 Å². The minimum atomic E-state index is -0.871. The SMILES string of the molecule is CC1=C(c2cnc(CC(=O)c3ccc(F)cc3F)cn2)CN(c2nccs2)CC1. The third-order valence-corrected chi connectivity index (χ3v) is 5.73. The number of hydrogen-bond acceptors (Lipinski definition) is 6. The zero-order valence-electron chi connectivity index (χ0n) is 15.7. The molecule has 0 N–H and O–H groups in total. The Morgan fingerprint density at radius 3 is 2.76 bits per heavy atom. The van der Waals surface area contributed by atoms with E-state index in [1.54, 1.807) is 23.7 Å². The van der Waals surface area contributed by atoms with Gasteiger partial charge in [0.1, 0.15) is 11.6 Å². The number of hydrogen-bond donors (Lipinski definition) is 0. The highest BCUT2D eigenvalue weighted by molar-refractivity contribution is 7.13. The number of carbonyl (C=O) groups excluding carboxylic acids is 1. The van der Waals surface area contributed by atoms with Crippen LogP contribution < -0.4 is 4.90 Å². The zero-order chi connectivity index (χ0) is 20.4. The van der Waals surface area contributed by atoms with Crippen LogP contribution in [0.4, 0.5) is 13.9 Å². The maximum absolute atomic E-state index is 13.8. The average molecular weight is 412 g/mol. The maximum atomic E-state index is 13.8. The van der Waals surface area contributed by atoms with Crippen molar-refractivity contribution in [2.24, 2.45) is 0 Å². The van der Waals surface area contributed by atoms with E-state index >= 15 is 0 Å². The average Bonchev–Trinajstić information content (AvgIpc) is 3.24. The first-order chi connectivity index (χ1) is 14.0. The topological polar surface area (TPSA) is 59.0 Å². The molecule has 1 aliphatic heterocycles. The fraction of sp³-hybridized carbons (Fsp3) is 0.238. The van der Waals surface area contributed by atoms with Crippen molar-refractivity contribution in [1.82, 2.24) is 15.0 Å². The summed E-state index contributed by atoms with van der Waals surface area (Å²) in [5, 5.41) is 2.93. The summed E-state index contributed by atoms with van der Waals surface area (Å²) < 4.78 is 26.8. The van der Waals surface area contributed by atoms with E-state index in [0.29, 0.717) is 18.3 Å². The van der Waals surface area contributed by atoms with Crippen LogP contribution in [-0.2, 0) is 6.42 Å². The fourth-order valence-corrected chi connectivity index (χ4v) is 3.94. The van der Waals surface area contributed by atoms with Crippen molar-refractivity contribution in [3.63, 3.8) is 0 Å². The summed E-state index contributed by atoms with van der Waals surface area (Å²) in [7, 11) is 0. The Morgan fingerprint density at radius 1 is 1.21 bits per heavy atom. The quantitative estimate of drug-likeness (QED) is 0.584. The van der Waals surface area contributed by atoms with Crippen molar-refractivity contribution in [3.8, 4) is 0 Å². The van der Waals surface area contributed by atoms with Crippen LogP contribution in [0.2, 0.25) is 0 Å². The predicted octanol–water partition coefficient (Wildman–Crippen LogP) is 4.32. The van der Waals surface area contributed by atoms with Gasteiger partial charge in [0.2, 0.25) is 0 Å². The van der Waals surface area contributed by atoms with Gasteiger partial charge in [-0.15, -0.1) is 11.3 Å². The first kappa shape index (κ1) is 19.3. The molecule has 1 aromatic carbocycles. The number of carbonyl (C=O) groups is 1. The largest absolute Gasteiger partial charge is 0.343 e. The number of thiazole rings is 1. The van der Waals surface area contributed by atoms with Crippen molar-refractivity contribution in [1.29, 1.82) is 0 Å². The number of rotatable bonds is 5. The second-order valence-corrected chi connectivity index (χ2v) is 7.74. The molecule has 0 spiro atoms. The Kier molecular flexibility index (Phi) is 5.44. The molecular weight excluding hydrogens is 394 g/mol. The van der Waals surface area contributed by atoms with Crippen LogP contribution in [0.25, 0.3) is 5.57 Å². The molecule has 4 rings (SSSR count). The van der Waals surface area contributed by atoms with Gasteiger partial charge in [-0.1, -0.05) is 5.57 Å². The fourth-order valence-electron chi connectivity index (χ4n) is 3.27. The highest BCUT2D eigenvalue weighted by Gasteiger charge is 2.21. The van der Waals surface area contributed by atoms with E-state index in [1.807, 2.05) is 5.38 Å². The smallest absolute Gasteiger partial charge is 0.185 e. The molecule has 0 aliphatic carbocycles. The van der Waals surface area contributed by atoms with Gasteiger partial charge in [0.15, 0.2) is 10.9 Å². The molecule has 29 heavy (non-hydrogen) atoms. The van der Waals surface area contributed by atoms with Gasteiger partial charge in [0, 0.05) is 36.9 Å². The van der Waals surface area contributed by atoms with Crippen LogP contribution in [0, 0.1) is 11.6 Å². The van der Waals surface area contributed by atoms with Gasteiger partial charge in [0.25, 0.3) is 0 Å². The summed E-state index contributed by atoms with van der Waals surface area (Å²) in [5.41, 5.74) is 3.40. The van der Waals surface area contributed by atoms with Gasteiger partial charge in [-0.05, 0) is 31.1 Å². The van der Waals surface area contributed by atoms with Gasteiger partial charge < -0.3 is 4.90 Å². The molecule has 1 aliphatic rings. The lowest BCUT2D eigenvalue weighted by Gasteiger charge is -2.29. The minimum Gasteiger partial charge on any atom is -0.343 e. The monoisotopic (exact) mass is 412 g/mol. The Bertz CT molecular complexity index is 1060. The van der Waals surface area contributed by atoms with Gasteiger partial charge in [-0.25, -0.2) is 13.8 Å². The third-order valence-electron chi connectivity index (χ3n) is 4.90. The lowest BCUT2D eigenvalue weighted by Crippen LogP contribution is -2.31. The van der Waals surface area contributed by atoms with Crippen LogP contribution >= 0.6 is 11.3 Å². The van der Waals surface area contributed by atoms with Crippen LogP contribution in [0.5, 0.6) is 0 Å². The molecular formula is C21H18F2N4OS. The van der Waals surface area contributed by atoms with Gasteiger partial charge in [0.05, 0.1) is 29.6 Å². The van der Waals surface area contributed by atoms with Crippen LogP contribution in [0.3, 0.4) is 0 Å². The number of Topliss-reactive ketones (excluding diaryl/α,β-unsaturated/α-hetero) is 1. The Morgan fingerprint density at radius 2 is 2.07 bits per heavy atom. The van der Waals surface area contributed by atoms with Crippen LogP contribution in [-0.4, -0.2) is 33.8 Å².